The number of carbonyl (C=O) groups excluding carboxylic acids is 2. The van der Waals surface area contributed by atoms with Gasteiger partial charge < -0.3 is 9.47 Å². The van der Waals surface area contributed by atoms with Crippen molar-refractivity contribution in [1.82, 2.24) is 0 Å². The second-order valence-corrected chi connectivity index (χ2v) is 6.12. The van der Waals surface area contributed by atoms with Crippen LogP contribution in [0.4, 0.5) is 0 Å². The summed E-state index contributed by atoms with van der Waals surface area (Å²) < 4.78 is 10.2. The lowest BCUT2D eigenvalue weighted by molar-refractivity contribution is -0.144. The summed E-state index contributed by atoms with van der Waals surface area (Å²) in [5.41, 5.74) is 1.03. The molecule has 0 saturated carbocycles. The highest BCUT2D eigenvalue weighted by Gasteiger charge is 2.04. The van der Waals surface area contributed by atoms with Gasteiger partial charge in [0.2, 0.25) is 0 Å². The van der Waals surface area contributed by atoms with Gasteiger partial charge in [-0.1, -0.05) is 44.6 Å². The van der Waals surface area contributed by atoms with E-state index >= 15 is 0 Å². The molecule has 0 atom stereocenters. The summed E-state index contributed by atoms with van der Waals surface area (Å²) in [5, 5.41) is 0. The van der Waals surface area contributed by atoms with Gasteiger partial charge in [0.05, 0.1) is 13.2 Å². The van der Waals surface area contributed by atoms with Crippen LogP contribution in [-0.2, 0) is 19.1 Å². The highest BCUT2D eigenvalue weighted by atomic mass is 16.5. The van der Waals surface area contributed by atoms with E-state index in [0.29, 0.717) is 26.1 Å². The zero-order valence-electron chi connectivity index (χ0n) is 15.0. The highest BCUT2D eigenvalue weighted by molar-refractivity contribution is 5.69. The Morgan fingerprint density at radius 1 is 0.739 bits per heavy atom. The molecule has 0 heterocycles. The molecule has 0 aliphatic carbocycles. The second-order valence-electron chi connectivity index (χ2n) is 6.12. The maximum Gasteiger partial charge on any atom is 0.305 e. The number of hydrogen-bond donors (Lipinski definition) is 0. The molecule has 0 saturated heterocycles. The molecule has 0 amide bonds. The molecule has 0 N–H and O–H groups in total. The van der Waals surface area contributed by atoms with Gasteiger partial charge in [-0.15, -0.1) is 6.58 Å². The number of rotatable bonds is 15. The van der Waals surface area contributed by atoms with Crippen molar-refractivity contribution in [1.29, 1.82) is 0 Å². The van der Waals surface area contributed by atoms with Crippen LogP contribution >= 0.6 is 0 Å². The van der Waals surface area contributed by atoms with Crippen LogP contribution in [0.15, 0.2) is 12.2 Å². The molecule has 23 heavy (non-hydrogen) atoms. The molecule has 0 aromatic carbocycles. The first-order chi connectivity index (χ1) is 11.1. The lowest BCUT2D eigenvalue weighted by atomic mass is 10.1. The average molecular weight is 326 g/mol. The molecule has 0 aromatic rings. The van der Waals surface area contributed by atoms with Gasteiger partial charge in [0.15, 0.2) is 0 Å². The maximum atomic E-state index is 11.4. The first-order valence-electron chi connectivity index (χ1n) is 9.02. The predicted octanol–water partition coefficient (Wildman–Crippen LogP) is 4.96. The van der Waals surface area contributed by atoms with E-state index in [2.05, 4.69) is 13.5 Å². The monoisotopic (exact) mass is 326 g/mol. The predicted molar refractivity (Wildman–Crippen MR) is 93.2 cm³/mol. The molecule has 0 radical (unpaired) electrons. The Morgan fingerprint density at radius 3 is 1.70 bits per heavy atom. The molecule has 0 spiro atoms. The van der Waals surface area contributed by atoms with Crippen molar-refractivity contribution in [3.63, 3.8) is 0 Å². The zero-order chi connectivity index (χ0) is 17.3. The van der Waals surface area contributed by atoms with Crippen LogP contribution in [0.2, 0.25) is 0 Å². The number of unbranched alkanes of at least 4 members (excludes halogenated alkanes) is 6. The van der Waals surface area contributed by atoms with E-state index in [0.717, 1.165) is 63.4 Å². The first kappa shape index (κ1) is 21.7. The molecule has 0 bridgehead atoms. The van der Waals surface area contributed by atoms with Crippen LogP contribution in [0.3, 0.4) is 0 Å². The van der Waals surface area contributed by atoms with Crippen molar-refractivity contribution in [2.45, 2.75) is 84.5 Å². The molecule has 0 aromatic heterocycles. The Bertz CT molecular complexity index is 336. The van der Waals surface area contributed by atoms with E-state index in [9.17, 15) is 9.59 Å². The van der Waals surface area contributed by atoms with Crippen molar-refractivity contribution in [2.75, 3.05) is 13.2 Å². The van der Waals surface area contributed by atoms with Crippen molar-refractivity contribution < 1.29 is 19.1 Å². The van der Waals surface area contributed by atoms with Crippen LogP contribution in [0.1, 0.15) is 84.5 Å². The van der Waals surface area contributed by atoms with E-state index < -0.39 is 0 Å². The lowest BCUT2D eigenvalue weighted by Gasteiger charge is -2.05. The van der Waals surface area contributed by atoms with Gasteiger partial charge in [-0.3, -0.25) is 9.59 Å². The number of hydrogen-bond acceptors (Lipinski definition) is 4. The third-order valence-corrected chi connectivity index (χ3v) is 3.56. The van der Waals surface area contributed by atoms with Gasteiger partial charge in [0.1, 0.15) is 0 Å². The lowest BCUT2D eigenvalue weighted by Crippen LogP contribution is -2.06. The summed E-state index contributed by atoms with van der Waals surface area (Å²) in [6.07, 6.45) is 9.83. The van der Waals surface area contributed by atoms with Crippen molar-refractivity contribution in [3.8, 4) is 0 Å². The minimum Gasteiger partial charge on any atom is -0.466 e. The van der Waals surface area contributed by atoms with Gasteiger partial charge in [0, 0.05) is 19.3 Å². The summed E-state index contributed by atoms with van der Waals surface area (Å²) in [6, 6.07) is 0. The summed E-state index contributed by atoms with van der Waals surface area (Å²) in [7, 11) is 0. The van der Waals surface area contributed by atoms with Crippen LogP contribution < -0.4 is 0 Å². The maximum absolute atomic E-state index is 11.4. The molecule has 4 heteroatoms. The highest BCUT2D eigenvalue weighted by Crippen LogP contribution is 2.10. The minimum absolute atomic E-state index is 0.0732. The van der Waals surface area contributed by atoms with Crippen LogP contribution in [0.25, 0.3) is 0 Å². The van der Waals surface area contributed by atoms with E-state index in [1.807, 2.05) is 6.92 Å². The van der Waals surface area contributed by atoms with E-state index in [1.54, 1.807) is 0 Å². The minimum atomic E-state index is -0.110. The number of esters is 2. The second kappa shape index (κ2) is 15.6. The van der Waals surface area contributed by atoms with E-state index in [4.69, 9.17) is 9.47 Å². The summed E-state index contributed by atoms with van der Waals surface area (Å²) in [5.74, 6) is -0.183. The van der Waals surface area contributed by atoms with Crippen molar-refractivity contribution >= 4 is 11.9 Å². The number of carbonyl (C=O) groups is 2. The largest absolute Gasteiger partial charge is 0.466 e. The zero-order valence-corrected chi connectivity index (χ0v) is 15.0. The van der Waals surface area contributed by atoms with Crippen LogP contribution in [0, 0.1) is 0 Å². The normalized spacial score (nSPS) is 10.3. The smallest absolute Gasteiger partial charge is 0.305 e. The van der Waals surface area contributed by atoms with Gasteiger partial charge in [-0.05, 0) is 26.2 Å². The molecule has 0 aliphatic heterocycles. The molecule has 134 valence electrons. The average Bonchev–Trinajstić information content (AvgIpc) is 2.49. The quantitative estimate of drug-likeness (QED) is 0.242. The van der Waals surface area contributed by atoms with E-state index in [1.165, 1.54) is 0 Å². The van der Waals surface area contributed by atoms with Crippen LogP contribution in [0.5, 0.6) is 0 Å². The van der Waals surface area contributed by atoms with Crippen LogP contribution in [-0.4, -0.2) is 25.2 Å². The first-order valence-corrected chi connectivity index (χ1v) is 9.02. The van der Waals surface area contributed by atoms with Gasteiger partial charge >= 0.3 is 11.9 Å². The molecule has 0 fully saturated rings. The Balaban J connectivity index is 3.28. The van der Waals surface area contributed by atoms with Crippen molar-refractivity contribution in [2.24, 2.45) is 0 Å². The molecule has 0 aliphatic rings. The molecule has 4 nitrogen and oxygen atoms in total. The Labute approximate surface area is 141 Å². The molecular weight excluding hydrogens is 292 g/mol. The van der Waals surface area contributed by atoms with Gasteiger partial charge in [-0.2, -0.15) is 0 Å². The molecule has 0 unspecified atom stereocenters. The number of ether oxygens (including phenoxy) is 2. The third-order valence-electron chi connectivity index (χ3n) is 3.56. The fourth-order valence-electron chi connectivity index (χ4n) is 2.06. The fraction of sp³-hybridized carbons (Fsp3) is 0.789. The molecule has 0 rings (SSSR count). The SMILES string of the molecule is C=C(C)CCOC(=O)CCCCCCCCC(=O)OCCCC. The third kappa shape index (κ3) is 16.9. The summed E-state index contributed by atoms with van der Waals surface area (Å²) in [6.45, 7) is 8.78. The standard InChI is InChI=1S/C19H34O4/c1-4-5-15-22-18(20)12-10-8-6-7-9-11-13-19(21)23-16-14-17(2)3/h2,4-16H2,1,3H3. The topological polar surface area (TPSA) is 52.6 Å². The van der Waals surface area contributed by atoms with Gasteiger partial charge in [0.25, 0.3) is 0 Å². The summed E-state index contributed by atoms with van der Waals surface area (Å²) in [4.78, 5) is 22.8. The van der Waals surface area contributed by atoms with Gasteiger partial charge in [-0.25, -0.2) is 0 Å². The Hall–Kier alpha value is -1.32. The Morgan fingerprint density at radius 2 is 1.22 bits per heavy atom. The molecular formula is C19H34O4. The summed E-state index contributed by atoms with van der Waals surface area (Å²) >= 11 is 0. The Kier molecular flexibility index (Phi) is 14.7. The fourth-order valence-corrected chi connectivity index (χ4v) is 2.06. The van der Waals surface area contributed by atoms with E-state index in [-0.39, 0.29) is 11.9 Å². The van der Waals surface area contributed by atoms with Crippen molar-refractivity contribution in [3.05, 3.63) is 12.2 Å².